The molecule has 0 radical (unpaired) electrons. The van der Waals surface area contributed by atoms with Crippen molar-refractivity contribution < 1.29 is 23.9 Å². The second-order valence-corrected chi connectivity index (χ2v) is 10.8. The Labute approximate surface area is 235 Å². The van der Waals surface area contributed by atoms with Gasteiger partial charge in [-0.15, -0.1) is 0 Å². The third-order valence-electron chi connectivity index (χ3n) is 8.13. The summed E-state index contributed by atoms with van der Waals surface area (Å²) in [6.45, 7) is 9.47. The maximum absolute atomic E-state index is 13.3. The van der Waals surface area contributed by atoms with Crippen molar-refractivity contribution >= 4 is 23.6 Å². The van der Waals surface area contributed by atoms with Gasteiger partial charge < -0.3 is 9.64 Å². The van der Waals surface area contributed by atoms with Crippen LogP contribution < -0.4 is 10.1 Å². The molecule has 212 valence electrons. The Bertz CT molecular complexity index is 1250. The van der Waals surface area contributed by atoms with Crippen molar-refractivity contribution in [2.24, 2.45) is 0 Å². The summed E-state index contributed by atoms with van der Waals surface area (Å²) in [6.07, 6.45) is 4.04. The largest absolute Gasteiger partial charge is 0.492 e. The van der Waals surface area contributed by atoms with Gasteiger partial charge >= 0.3 is 0 Å². The Morgan fingerprint density at radius 3 is 2.30 bits per heavy atom. The first-order chi connectivity index (χ1) is 19.4. The summed E-state index contributed by atoms with van der Waals surface area (Å²) in [4.78, 5) is 56.3. The lowest BCUT2D eigenvalue weighted by atomic mass is 9.97. The molecule has 2 fully saturated rings. The van der Waals surface area contributed by atoms with Gasteiger partial charge in [0.1, 0.15) is 18.4 Å². The van der Waals surface area contributed by atoms with Crippen molar-refractivity contribution in [3.8, 4) is 5.75 Å². The molecule has 2 aromatic carbocycles. The number of piperazine rings is 1. The first-order valence-electron chi connectivity index (χ1n) is 14.4. The molecule has 0 bridgehead atoms. The highest BCUT2D eigenvalue weighted by atomic mass is 16.5. The number of piperidine rings is 1. The number of carbonyl (C=O) groups is 4. The topological polar surface area (TPSA) is 99.3 Å². The van der Waals surface area contributed by atoms with Gasteiger partial charge in [0, 0.05) is 39.1 Å². The number of benzene rings is 2. The van der Waals surface area contributed by atoms with Crippen LogP contribution in [-0.4, -0.2) is 90.2 Å². The van der Waals surface area contributed by atoms with Gasteiger partial charge in [0.15, 0.2) is 0 Å². The van der Waals surface area contributed by atoms with E-state index in [2.05, 4.69) is 22.0 Å². The molecule has 4 amide bonds. The van der Waals surface area contributed by atoms with Gasteiger partial charge in [-0.1, -0.05) is 37.6 Å². The second-order valence-electron chi connectivity index (χ2n) is 10.8. The van der Waals surface area contributed by atoms with Crippen LogP contribution in [-0.2, 0) is 22.4 Å². The van der Waals surface area contributed by atoms with Crippen LogP contribution in [0.5, 0.6) is 5.75 Å². The van der Waals surface area contributed by atoms with Crippen molar-refractivity contribution in [2.45, 2.75) is 51.5 Å². The van der Waals surface area contributed by atoms with E-state index < -0.39 is 23.8 Å². The van der Waals surface area contributed by atoms with E-state index in [0.29, 0.717) is 30.6 Å². The van der Waals surface area contributed by atoms with E-state index in [1.807, 2.05) is 30.3 Å². The van der Waals surface area contributed by atoms with Gasteiger partial charge in [0.05, 0.1) is 11.1 Å². The van der Waals surface area contributed by atoms with E-state index >= 15 is 0 Å². The van der Waals surface area contributed by atoms with Gasteiger partial charge in [-0.05, 0) is 61.6 Å². The smallest absolute Gasteiger partial charge is 0.262 e. The molecular formula is C31H38N4O5. The summed E-state index contributed by atoms with van der Waals surface area (Å²) < 4.78 is 5.99. The van der Waals surface area contributed by atoms with Crippen LogP contribution in [0, 0.1) is 0 Å². The molecule has 1 N–H and O–H groups in total. The van der Waals surface area contributed by atoms with Gasteiger partial charge in [0.25, 0.3) is 11.8 Å². The summed E-state index contributed by atoms with van der Waals surface area (Å²) >= 11 is 0. The predicted molar refractivity (Wildman–Crippen MR) is 150 cm³/mol. The van der Waals surface area contributed by atoms with E-state index in [0.717, 1.165) is 54.5 Å². The molecule has 0 saturated carbocycles. The number of amides is 4. The zero-order valence-electron chi connectivity index (χ0n) is 23.2. The van der Waals surface area contributed by atoms with Crippen LogP contribution in [0.2, 0.25) is 0 Å². The summed E-state index contributed by atoms with van der Waals surface area (Å²) in [5.41, 5.74) is 2.56. The average Bonchev–Trinajstić information content (AvgIpc) is 3.22. The number of carbonyl (C=O) groups excluding carboxylic acids is 4. The van der Waals surface area contributed by atoms with E-state index in [1.165, 1.54) is 19.4 Å². The molecular weight excluding hydrogens is 508 g/mol. The molecule has 2 aromatic rings. The van der Waals surface area contributed by atoms with Crippen molar-refractivity contribution in [3.63, 3.8) is 0 Å². The van der Waals surface area contributed by atoms with Gasteiger partial charge in [-0.3, -0.25) is 34.3 Å². The molecule has 3 aliphatic rings. The number of rotatable bonds is 11. The number of nitrogens with one attached hydrogen (secondary N) is 1. The Balaban J connectivity index is 1.12. The van der Waals surface area contributed by atoms with Gasteiger partial charge in [-0.25, -0.2) is 0 Å². The average molecular weight is 547 g/mol. The lowest BCUT2D eigenvalue weighted by molar-refractivity contribution is -0.136. The third kappa shape index (κ3) is 6.26. The maximum Gasteiger partial charge on any atom is 0.262 e. The number of unbranched alkanes of at least 4 members (excludes halogenated alkanes) is 1. The Morgan fingerprint density at radius 2 is 1.60 bits per heavy atom. The summed E-state index contributed by atoms with van der Waals surface area (Å²) in [7, 11) is 0. The molecule has 0 aliphatic carbocycles. The summed E-state index contributed by atoms with van der Waals surface area (Å²) in [5.74, 6) is -1.08. The number of hydrogen-bond donors (Lipinski definition) is 1. The van der Waals surface area contributed by atoms with Crippen molar-refractivity contribution in [2.75, 3.05) is 45.9 Å². The standard InChI is InChI=1S/C31H38N4O5/c1-2-3-15-33-16-18-34(19-17-33)20-21-40-24-11-8-22(9-12-24)7-10-23-5-4-6-25-28(23)31(39)35(30(25)38)26-13-14-27(36)32-29(26)37/h4-6,8-9,11-12,26H,2-3,7,10,13-21H2,1H3,(H,32,36,37). The van der Waals surface area contributed by atoms with Crippen LogP contribution in [0.3, 0.4) is 0 Å². The highest BCUT2D eigenvalue weighted by Gasteiger charge is 2.45. The highest BCUT2D eigenvalue weighted by molar-refractivity contribution is 6.24. The second kappa shape index (κ2) is 12.7. The summed E-state index contributed by atoms with van der Waals surface area (Å²) in [5, 5.41) is 2.24. The molecule has 3 heterocycles. The highest BCUT2D eigenvalue weighted by Crippen LogP contribution is 2.30. The maximum atomic E-state index is 13.3. The van der Waals surface area contributed by atoms with Gasteiger partial charge in [0.2, 0.25) is 11.8 Å². The first-order valence-corrected chi connectivity index (χ1v) is 14.4. The number of nitrogens with zero attached hydrogens (tertiary/aromatic N) is 3. The van der Waals surface area contributed by atoms with E-state index in [4.69, 9.17) is 4.74 Å². The van der Waals surface area contributed by atoms with E-state index in [9.17, 15) is 19.2 Å². The minimum atomic E-state index is -0.958. The number of aryl methyl sites for hydroxylation is 2. The Hall–Kier alpha value is -3.56. The quantitative estimate of drug-likeness (QED) is 0.433. The molecule has 3 aliphatic heterocycles. The molecule has 1 atom stereocenters. The van der Waals surface area contributed by atoms with Crippen LogP contribution >= 0.6 is 0 Å². The van der Waals surface area contributed by atoms with E-state index in [-0.39, 0.29) is 18.7 Å². The Kier molecular flexibility index (Phi) is 8.91. The molecule has 0 aromatic heterocycles. The third-order valence-corrected chi connectivity index (χ3v) is 8.13. The number of imide groups is 2. The van der Waals surface area contributed by atoms with Crippen LogP contribution in [0.1, 0.15) is 64.4 Å². The fourth-order valence-electron chi connectivity index (χ4n) is 5.74. The van der Waals surface area contributed by atoms with Crippen LogP contribution in [0.15, 0.2) is 42.5 Å². The lowest BCUT2D eigenvalue weighted by Gasteiger charge is -2.34. The number of fused-ring (bicyclic) bond motifs is 1. The number of hydrogen-bond acceptors (Lipinski definition) is 7. The van der Waals surface area contributed by atoms with Crippen LogP contribution in [0.4, 0.5) is 0 Å². The normalized spacial score (nSPS) is 20.1. The molecule has 40 heavy (non-hydrogen) atoms. The molecule has 2 saturated heterocycles. The SMILES string of the molecule is CCCCN1CCN(CCOc2ccc(CCc3cccc4c3C(=O)N(C3CCC(=O)NC3=O)C4=O)cc2)CC1. The Morgan fingerprint density at radius 1 is 0.875 bits per heavy atom. The zero-order valence-corrected chi connectivity index (χ0v) is 23.2. The minimum Gasteiger partial charge on any atom is -0.492 e. The van der Waals surface area contributed by atoms with E-state index in [1.54, 1.807) is 12.1 Å². The molecule has 9 nitrogen and oxygen atoms in total. The minimum absolute atomic E-state index is 0.104. The lowest BCUT2D eigenvalue weighted by Crippen LogP contribution is -2.54. The molecule has 9 heteroatoms. The van der Waals surface area contributed by atoms with Crippen molar-refractivity contribution in [3.05, 3.63) is 64.7 Å². The fraction of sp³-hybridized carbons (Fsp3) is 0.484. The molecule has 5 rings (SSSR count). The fourth-order valence-corrected chi connectivity index (χ4v) is 5.74. The predicted octanol–water partition coefficient (Wildman–Crippen LogP) is 2.67. The monoisotopic (exact) mass is 546 g/mol. The molecule has 0 spiro atoms. The molecule has 1 unspecified atom stereocenters. The van der Waals surface area contributed by atoms with Crippen molar-refractivity contribution in [1.29, 1.82) is 0 Å². The number of ether oxygens (including phenoxy) is 1. The van der Waals surface area contributed by atoms with Crippen molar-refractivity contribution in [1.82, 2.24) is 20.0 Å². The first kappa shape index (κ1) is 28.0. The van der Waals surface area contributed by atoms with Gasteiger partial charge in [-0.2, -0.15) is 0 Å². The van der Waals surface area contributed by atoms with Crippen LogP contribution in [0.25, 0.3) is 0 Å². The zero-order chi connectivity index (χ0) is 28.1. The summed E-state index contributed by atoms with van der Waals surface area (Å²) in [6, 6.07) is 12.3.